The number of hydrogen-bond acceptors (Lipinski definition) is 4. The number of aliphatic imine (C=N–C) groups is 1. The smallest absolute Gasteiger partial charge is 0.282 e. The summed E-state index contributed by atoms with van der Waals surface area (Å²) in [5.74, 6) is 0.771. The lowest BCUT2D eigenvalue weighted by atomic mass is 9.82. The number of pyridine rings is 1. The van der Waals surface area contributed by atoms with Crippen molar-refractivity contribution in [2.45, 2.75) is 31.1 Å². The standard InChI is InChI=1S/C18H18N2O3S/c1-12-18(2,3)16-10-14(11-19-17(16)20-12)5-4-13-6-8-15(9-7-13)24(21,22)23/h4-11H,1-3H3,(H,21,22,23)/b5-4+. The van der Waals surface area contributed by atoms with Crippen LogP contribution in [-0.4, -0.2) is 23.7 Å². The maximum Gasteiger partial charge on any atom is 0.294 e. The second-order valence-electron chi connectivity index (χ2n) is 6.34. The molecule has 0 aliphatic carbocycles. The molecule has 0 amide bonds. The van der Waals surface area contributed by atoms with Crippen LogP contribution in [0.15, 0.2) is 46.4 Å². The minimum Gasteiger partial charge on any atom is -0.282 e. The number of rotatable bonds is 3. The topological polar surface area (TPSA) is 79.6 Å². The Balaban J connectivity index is 1.86. The highest BCUT2D eigenvalue weighted by Crippen LogP contribution is 2.38. The van der Waals surface area contributed by atoms with E-state index in [-0.39, 0.29) is 10.3 Å². The third-order valence-electron chi connectivity index (χ3n) is 4.39. The van der Waals surface area contributed by atoms with Gasteiger partial charge in [0.1, 0.15) is 0 Å². The van der Waals surface area contributed by atoms with Gasteiger partial charge in [0.15, 0.2) is 5.82 Å². The first kappa shape index (κ1) is 16.5. The summed E-state index contributed by atoms with van der Waals surface area (Å²) in [7, 11) is -4.16. The van der Waals surface area contributed by atoms with Crippen LogP contribution in [0.2, 0.25) is 0 Å². The molecule has 1 aromatic heterocycles. The normalized spacial score (nSPS) is 16.2. The zero-order valence-electron chi connectivity index (χ0n) is 13.7. The molecule has 0 saturated carbocycles. The lowest BCUT2D eigenvalue weighted by molar-refractivity contribution is 0.483. The van der Waals surface area contributed by atoms with E-state index in [4.69, 9.17) is 4.55 Å². The van der Waals surface area contributed by atoms with Crippen LogP contribution in [-0.2, 0) is 15.5 Å². The maximum absolute atomic E-state index is 11.0. The molecule has 1 aromatic carbocycles. The fourth-order valence-corrected chi connectivity index (χ4v) is 3.03. The van der Waals surface area contributed by atoms with Gasteiger partial charge in [-0.05, 0) is 36.2 Å². The van der Waals surface area contributed by atoms with E-state index in [1.54, 1.807) is 18.3 Å². The molecule has 1 aliphatic rings. The van der Waals surface area contributed by atoms with Crippen molar-refractivity contribution in [2.75, 3.05) is 0 Å². The molecule has 0 atom stereocenters. The first-order chi connectivity index (χ1) is 11.2. The molecular formula is C18H18N2O3S. The monoisotopic (exact) mass is 342 g/mol. The molecule has 2 heterocycles. The Morgan fingerprint density at radius 1 is 1.08 bits per heavy atom. The number of benzene rings is 1. The molecule has 0 fully saturated rings. The number of aromatic nitrogens is 1. The van der Waals surface area contributed by atoms with Crippen molar-refractivity contribution in [1.82, 2.24) is 4.98 Å². The van der Waals surface area contributed by atoms with Crippen LogP contribution in [0.1, 0.15) is 37.5 Å². The predicted octanol–water partition coefficient (Wildman–Crippen LogP) is 3.88. The molecule has 6 heteroatoms. The Morgan fingerprint density at radius 3 is 2.33 bits per heavy atom. The lowest BCUT2D eigenvalue weighted by Crippen LogP contribution is -2.22. The van der Waals surface area contributed by atoms with Crippen LogP contribution >= 0.6 is 0 Å². The summed E-state index contributed by atoms with van der Waals surface area (Å²) in [6.07, 6.45) is 5.55. The van der Waals surface area contributed by atoms with Gasteiger partial charge < -0.3 is 0 Å². The summed E-state index contributed by atoms with van der Waals surface area (Å²) < 4.78 is 31.1. The van der Waals surface area contributed by atoms with Crippen molar-refractivity contribution in [2.24, 2.45) is 4.99 Å². The van der Waals surface area contributed by atoms with Crippen molar-refractivity contribution < 1.29 is 13.0 Å². The fraction of sp³-hybridized carbons (Fsp3) is 0.222. The predicted molar refractivity (Wildman–Crippen MR) is 95.2 cm³/mol. The molecule has 0 unspecified atom stereocenters. The highest BCUT2D eigenvalue weighted by Gasteiger charge is 2.32. The van der Waals surface area contributed by atoms with E-state index in [0.717, 1.165) is 28.2 Å². The largest absolute Gasteiger partial charge is 0.294 e. The van der Waals surface area contributed by atoms with Crippen molar-refractivity contribution >= 4 is 33.8 Å². The molecule has 124 valence electrons. The van der Waals surface area contributed by atoms with Crippen LogP contribution < -0.4 is 0 Å². The minimum atomic E-state index is -4.16. The molecule has 0 saturated heterocycles. The van der Waals surface area contributed by atoms with Gasteiger partial charge in [0.2, 0.25) is 0 Å². The molecule has 0 radical (unpaired) electrons. The Kier molecular flexibility index (Phi) is 3.89. The van der Waals surface area contributed by atoms with Crippen LogP contribution in [0.5, 0.6) is 0 Å². The van der Waals surface area contributed by atoms with Gasteiger partial charge in [-0.25, -0.2) is 9.98 Å². The molecule has 1 aliphatic heterocycles. The van der Waals surface area contributed by atoms with E-state index in [2.05, 4.69) is 29.9 Å². The summed E-state index contributed by atoms with van der Waals surface area (Å²) in [5, 5.41) is 0. The quantitative estimate of drug-likeness (QED) is 0.858. The number of hydrogen-bond donors (Lipinski definition) is 1. The summed E-state index contributed by atoms with van der Waals surface area (Å²) in [4.78, 5) is 8.79. The molecule has 3 rings (SSSR count). The average Bonchev–Trinajstić information content (AvgIpc) is 2.75. The SMILES string of the molecule is CC1=Nc2ncc(/C=C/c3ccc(S(=O)(=O)O)cc3)cc2C1(C)C. The first-order valence-electron chi connectivity index (χ1n) is 7.50. The van der Waals surface area contributed by atoms with Crippen molar-refractivity contribution in [3.63, 3.8) is 0 Å². The Bertz CT molecular complexity index is 956. The van der Waals surface area contributed by atoms with Gasteiger partial charge in [-0.15, -0.1) is 0 Å². The Labute approximate surface area is 141 Å². The minimum absolute atomic E-state index is 0.117. The molecule has 1 N–H and O–H groups in total. The van der Waals surface area contributed by atoms with Crippen LogP contribution in [0.25, 0.3) is 12.2 Å². The maximum atomic E-state index is 11.0. The summed E-state index contributed by atoms with van der Waals surface area (Å²) in [6, 6.07) is 8.09. The fourth-order valence-electron chi connectivity index (χ4n) is 2.55. The Morgan fingerprint density at radius 2 is 1.71 bits per heavy atom. The zero-order chi connectivity index (χ0) is 17.5. The first-order valence-corrected chi connectivity index (χ1v) is 8.94. The third kappa shape index (κ3) is 3.02. The molecule has 0 bridgehead atoms. The zero-order valence-corrected chi connectivity index (χ0v) is 14.5. The van der Waals surface area contributed by atoms with E-state index in [9.17, 15) is 8.42 Å². The van der Waals surface area contributed by atoms with Gasteiger partial charge >= 0.3 is 0 Å². The van der Waals surface area contributed by atoms with Gasteiger partial charge in [0, 0.05) is 22.9 Å². The molecule has 0 spiro atoms. The van der Waals surface area contributed by atoms with Gasteiger partial charge in [-0.3, -0.25) is 4.55 Å². The van der Waals surface area contributed by atoms with Crippen molar-refractivity contribution in [3.8, 4) is 0 Å². The number of nitrogens with zero attached hydrogens (tertiary/aromatic N) is 2. The second kappa shape index (κ2) is 5.65. The van der Waals surface area contributed by atoms with E-state index in [0.29, 0.717) is 0 Å². The lowest BCUT2D eigenvalue weighted by Gasteiger charge is -2.19. The summed E-state index contributed by atoms with van der Waals surface area (Å²) >= 11 is 0. The highest BCUT2D eigenvalue weighted by molar-refractivity contribution is 7.85. The van der Waals surface area contributed by atoms with E-state index < -0.39 is 10.1 Å². The van der Waals surface area contributed by atoms with E-state index >= 15 is 0 Å². The van der Waals surface area contributed by atoms with E-state index in [1.165, 1.54) is 12.1 Å². The molecular weight excluding hydrogens is 324 g/mol. The van der Waals surface area contributed by atoms with Gasteiger partial charge in [0.25, 0.3) is 10.1 Å². The van der Waals surface area contributed by atoms with Crippen LogP contribution in [0.3, 0.4) is 0 Å². The molecule has 5 nitrogen and oxygen atoms in total. The van der Waals surface area contributed by atoms with E-state index in [1.807, 2.05) is 19.1 Å². The molecule has 2 aromatic rings. The molecule has 24 heavy (non-hydrogen) atoms. The second-order valence-corrected chi connectivity index (χ2v) is 7.76. The summed E-state index contributed by atoms with van der Waals surface area (Å²) in [5.41, 5.74) is 3.81. The van der Waals surface area contributed by atoms with Gasteiger partial charge in [0.05, 0.1) is 4.90 Å². The average molecular weight is 342 g/mol. The third-order valence-corrected chi connectivity index (χ3v) is 5.25. The van der Waals surface area contributed by atoms with Crippen molar-refractivity contribution in [1.29, 1.82) is 0 Å². The van der Waals surface area contributed by atoms with Gasteiger partial charge in [-0.2, -0.15) is 8.42 Å². The Hall–Kier alpha value is -2.31. The van der Waals surface area contributed by atoms with Crippen LogP contribution in [0.4, 0.5) is 5.82 Å². The van der Waals surface area contributed by atoms with Crippen LogP contribution in [0, 0.1) is 0 Å². The summed E-state index contributed by atoms with van der Waals surface area (Å²) in [6.45, 7) is 6.26. The highest BCUT2D eigenvalue weighted by atomic mass is 32.2. The van der Waals surface area contributed by atoms with Crippen molar-refractivity contribution in [3.05, 3.63) is 53.2 Å². The number of fused-ring (bicyclic) bond motifs is 1. The van der Waals surface area contributed by atoms with Gasteiger partial charge in [-0.1, -0.05) is 38.1 Å².